The molecule has 1 N–H and O–H groups in total. The number of ether oxygens (including phenoxy) is 1. The molecule has 0 aromatic heterocycles. The van der Waals surface area contributed by atoms with E-state index in [1.165, 1.54) is 0 Å². The third kappa shape index (κ3) is 5.27. The zero-order chi connectivity index (χ0) is 15.9. The number of benzene rings is 2. The van der Waals surface area contributed by atoms with Gasteiger partial charge in [-0.15, -0.1) is 12.4 Å². The maximum absolute atomic E-state index is 11.5. The number of halogens is 1. The molecule has 2 aromatic carbocycles. The Morgan fingerprint density at radius 3 is 1.74 bits per heavy atom. The summed E-state index contributed by atoms with van der Waals surface area (Å²) in [6, 6.07) is 13.7. The Balaban J connectivity index is 0.00000264. The number of carboxylic acids is 1. The lowest BCUT2D eigenvalue weighted by Gasteiger charge is -2.01. The fraction of sp³-hybridized carbons (Fsp3) is 0.111. The Kier molecular flexibility index (Phi) is 7.03. The second-order valence-electron chi connectivity index (χ2n) is 4.60. The van der Waals surface area contributed by atoms with Crippen molar-refractivity contribution in [2.24, 2.45) is 0 Å². The molecule has 0 heterocycles. The van der Waals surface area contributed by atoms with Crippen molar-refractivity contribution in [1.29, 1.82) is 0 Å². The summed E-state index contributed by atoms with van der Waals surface area (Å²) in [7, 11) is 0. The van der Waals surface area contributed by atoms with Gasteiger partial charge in [0.2, 0.25) is 0 Å². The smallest absolute Gasteiger partial charge is 0.338 e. The standard InChI is InChI=1S/C18H16O4.ClH/c1-2-22-18(21)16-11-7-14(8-12-16)4-3-13-5-9-15(10-6-13)17(19)20;/h3-12H,2H2,1H3,(H,19,20);1H. The molecule has 0 spiro atoms. The molecule has 0 unspecified atom stereocenters. The Morgan fingerprint density at radius 2 is 1.35 bits per heavy atom. The van der Waals surface area contributed by atoms with Crippen molar-refractivity contribution in [1.82, 2.24) is 0 Å². The Bertz CT molecular complexity index is 688. The van der Waals surface area contributed by atoms with Gasteiger partial charge in [-0.05, 0) is 42.3 Å². The number of carbonyl (C=O) groups excluding carboxylic acids is 1. The third-order valence-corrected chi connectivity index (χ3v) is 3.05. The highest BCUT2D eigenvalue weighted by Gasteiger charge is 2.04. The number of carbonyl (C=O) groups is 2. The third-order valence-electron chi connectivity index (χ3n) is 3.05. The highest BCUT2D eigenvalue weighted by Crippen LogP contribution is 2.11. The molecular formula is C18H17ClO4. The van der Waals surface area contributed by atoms with E-state index >= 15 is 0 Å². The molecule has 0 saturated carbocycles. The van der Waals surface area contributed by atoms with E-state index in [1.807, 2.05) is 24.3 Å². The topological polar surface area (TPSA) is 63.6 Å². The van der Waals surface area contributed by atoms with Crippen molar-refractivity contribution in [3.8, 4) is 0 Å². The van der Waals surface area contributed by atoms with Gasteiger partial charge in [-0.2, -0.15) is 0 Å². The molecule has 0 amide bonds. The molecule has 4 nitrogen and oxygen atoms in total. The second-order valence-corrected chi connectivity index (χ2v) is 4.60. The van der Waals surface area contributed by atoms with Gasteiger partial charge in [0, 0.05) is 0 Å². The summed E-state index contributed by atoms with van der Waals surface area (Å²) >= 11 is 0. The summed E-state index contributed by atoms with van der Waals surface area (Å²) in [5, 5.41) is 8.84. The van der Waals surface area contributed by atoms with Gasteiger partial charge >= 0.3 is 11.9 Å². The maximum atomic E-state index is 11.5. The van der Waals surface area contributed by atoms with Crippen LogP contribution < -0.4 is 0 Å². The van der Waals surface area contributed by atoms with Gasteiger partial charge in [-0.25, -0.2) is 9.59 Å². The van der Waals surface area contributed by atoms with Crippen LogP contribution in [-0.4, -0.2) is 23.7 Å². The zero-order valence-electron chi connectivity index (χ0n) is 12.6. The maximum Gasteiger partial charge on any atom is 0.338 e. The summed E-state index contributed by atoms with van der Waals surface area (Å²) in [4.78, 5) is 22.3. The summed E-state index contributed by atoms with van der Waals surface area (Å²) in [5.74, 6) is -1.27. The van der Waals surface area contributed by atoms with E-state index in [-0.39, 0.29) is 23.9 Å². The van der Waals surface area contributed by atoms with Crippen LogP contribution in [0.15, 0.2) is 48.5 Å². The van der Waals surface area contributed by atoms with Crippen molar-refractivity contribution in [3.63, 3.8) is 0 Å². The van der Waals surface area contributed by atoms with Crippen LogP contribution in [0, 0.1) is 0 Å². The molecule has 0 atom stereocenters. The van der Waals surface area contributed by atoms with Gasteiger partial charge < -0.3 is 9.84 Å². The molecule has 120 valence electrons. The molecule has 0 aliphatic carbocycles. The lowest BCUT2D eigenvalue weighted by molar-refractivity contribution is 0.0526. The van der Waals surface area contributed by atoms with E-state index in [4.69, 9.17) is 9.84 Å². The fourth-order valence-electron chi connectivity index (χ4n) is 1.87. The molecule has 2 rings (SSSR count). The van der Waals surface area contributed by atoms with Gasteiger partial charge in [0.25, 0.3) is 0 Å². The first-order valence-electron chi connectivity index (χ1n) is 6.89. The van der Waals surface area contributed by atoms with E-state index in [2.05, 4.69) is 0 Å². The molecule has 0 fully saturated rings. The first-order chi connectivity index (χ1) is 10.6. The van der Waals surface area contributed by atoms with Crippen molar-refractivity contribution in [3.05, 3.63) is 70.8 Å². The molecule has 0 aliphatic rings. The van der Waals surface area contributed by atoms with E-state index < -0.39 is 5.97 Å². The number of hydrogen-bond acceptors (Lipinski definition) is 3. The van der Waals surface area contributed by atoms with Crippen molar-refractivity contribution in [2.75, 3.05) is 6.61 Å². The van der Waals surface area contributed by atoms with Crippen LogP contribution in [0.5, 0.6) is 0 Å². The van der Waals surface area contributed by atoms with Crippen LogP contribution in [0.3, 0.4) is 0 Å². The van der Waals surface area contributed by atoms with Gasteiger partial charge in [-0.3, -0.25) is 0 Å². The minimum absolute atomic E-state index is 0. The Morgan fingerprint density at radius 1 is 0.913 bits per heavy atom. The molecular weight excluding hydrogens is 316 g/mol. The quantitative estimate of drug-likeness (QED) is 0.659. The normalized spacial score (nSPS) is 10.1. The number of esters is 1. The molecule has 0 radical (unpaired) electrons. The van der Waals surface area contributed by atoms with Crippen molar-refractivity contribution < 1.29 is 19.4 Å². The average Bonchev–Trinajstić information content (AvgIpc) is 2.54. The average molecular weight is 333 g/mol. The molecule has 23 heavy (non-hydrogen) atoms. The number of aromatic carboxylic acids is 1. The van der Waals surface area contributed by atoms with Crippen LogP contribution in [0.2, 0.25) is 0 Å². The van der Waals surface area contributed by atoms with Gasteiger partial charge in [0.1, 0.15) is 0 Å². The van der Waals surface area contributed by atoms with Gasteiger partial charge in [-0.1, -0.05) is 36.4 Å². The largest absolute Gasteiger partial charge is 0.478 e. The molecule has 0 bridgehead atoms. The van der Waals surface area contributed by atoms with Crippen molar-refractivity contribution in [2.45, 2.75) is 6.92 Å². The van der Waals surface area contributed by atoms with Crippen LogP contribution in [0.1, 0.15) is 38.8 Å². The highest BCUT2D eigenvalue weighted by molar-refractivity contribution is 5.90. The monoisotopic (exact) mass is 332 g/mol. The first kappa shape index (κ1) is 18.5. The van der Waals surface area contributed by atoms with Gasteiger partial charge in [0.15, 0.2) is 0 Å². The van der Waals surface area contributed by atoms with Crippen LogP contribution in [-0.2, 0) is 4.74 Å². The van der Waals surface area contributed by atoms with E-state index in [0.29, 0.717) is 12.2 Å². The summed E-state index contributed by atoms with van der Waals surface area (Å²) in [6.45, 7) is 2.12. The van der Waals surface area contributed by atoms with Crippen molar-refractivity contribution >= 4 is 36.5 Å². The molecule has 0 aliphatic heterocycles. The lowest BCUT2D eigenvalue weighted by atomic mass is 10.1. The van der Waals surface area contributed by atoms with Gasteiger partial charge in [0.05, 0.1) is 17.7 Å². The predicted molar refractivity (Wildman–Crippen MR) is 92.0 cm³/mol. The molecule has 0 saturated heterocycles. The van der Waals surface area contributed by atoms with Crippen LogP contribution in [0.4, 0.5) is 0 Å². The van der Waals surface area contributed by atoms with Crippen LogP contribution in [0.25, 0.3) is 12.2 Å². The Hall–Kier alpha value is -2.59. The minimum Gasteiger partial charge on any atom is -0.478 e. The van der Waals surface area contributed by atoms with E-state index in [0.717, 1.165) is 11.1 Å². The molecule has 2 aromatic rings. The Labute approximate surface area is 140 Å². The number of hydrogen-bond donors (Lipinski definition) is 1. The highest BCUT2D eigenvalue weighted by atomic mass is 35.5. The molecule has 5 heteroatoms. The second kappa shape index (κ2) is 8.76. The van der Waals surface area contributed by atoms with E-state index in [1.54, 1.807) is 43.3 Å². The fourth-order valence-corrected chi connectivity index (χ4v) is 1.87. The lowest BCUT2D eigenvalue weighted by Crippen LogP contribution is -2.03. The first-order valence-corrected chi connectivity index (χ1v) is 6.89. The summed E-state index contributed by atoms with van der Waals surface area (Å²) in [5.41, 5.74) is 2.62. The predicted octanol–water partition coefficient (Wildman–Crippen LogP) is 4.15. The summed E-state index contributed by atoms with van der Waals surface area (Å²) < 4.78 is 4.92. The minimum atomic E-state index is -0.940. The van der Waals surface area contributed by atoms with Crippen LogP contribution >= 0.6 is 12.4 Å². The number of rotatable bonds is 5. The summed E-state index contributed by atoms with van der Waals surface area (Å²) in [6.07, 6.45) is 3.77. The van der Waals surface area contributed by atoms with E-state index in [9.17, 15) is 9.59 Å². The number of carboxylic acid groups (broad SMARTS) is 1. The zero-order valence-corrected chi connectivity index (χ0v) is 13.4. The SMILES string of the molecule is CCOC(=O)c1ccc(C=Cc2ccc(C(=O)O)cc2)cc1.Cl.